The summed E-state index contributed by atoms with van der Waals surface area (Å²) in [5, 5.41) is 10.7. The quantitative estimate of drug-likeness (QED) is 0.749. The van der Waals surface area contributed by atoms with Crippen LogP contribution in [0.1, 0.15) is 0 Å². The average Bonchev–Trinajstić information content (AvgIpc) is 2.94. The van der Waals surface area contributed by atoms with Crippen LogP contribution < -0.4 is 10.1 Å². The number of rotatable bonds is 3. The topological polar surface area (TPSA) is 75.7 Å². The zero-order chi connectivity index (χ0) is 13.2. The molecule has 3 rings (SSSR count). The molecule has 0 saturated heterocycles. The smallest absolute Gasteiger partial charge is 0.225 e. The van der Waals surface area contributed by atoms with Crippen LogP contribution in [0.3, 0.4) is 0 Å². The fraction of sp³-hybridized carbons (Fsp3) is 0.154. The number of aromatic amines is 1. The van der Waals surface area contributed by atoms with E-state index in [4.69, 9.17) is 4.74 Å². The van der Waals surface area contributed by atoms with Crippen molar-refractivity contribution in [3.8, 4) is 17.0 Å². The molecule has 2 heterocycles. The highest BCUT2D eigenvalue weighted by atomic mass is 16.5. The molecule has 0 aliphatic heterocycles. The number of hydrogen-bond donors (Lipinski definition) is 2. The third-order valence-electron chi connectivity index (χ3n) is 2.90. The van der Waals surface area contributed by atoms with Crippen molar-refractivity contribution in [2.24, 2.45) is 0 Å². The van der Waals surface area contributed by atoms with Crippen molar-refractivity contribution in [1.82, 2.24) is 20.2 Å². The van der Waals surface area contributed by atoms with Gasteiger partial charge in [-0.15, -0.1) is 0 Å². The molecule has 6 nitrogen and oxygen atoms in total. The summed E-state index contributed by atoms with van der Waals surface area (Å²) in [5.41, 5.74) is 2.40. The molecule has 96 valence electrons. The zero-order valence-corrected chi connectivity index (χ0v) is 10.6. The van der Waals surface area contributed by atoms with E-state index >= 15 is 0 Å². The summed E-state index contributed by atoms with van der Waals surface area (Å²) in [6.07, 6.45) is 1.72. The number of ether oxygens (including phenoxy) is 1. The van der Waals surface area contributed by atoms with Crippen molar-refractivity contribution in [3.05, 3.63) is 30.5 Å². The van der Waals surface area contributed by atoms with Crippen LogP contribution in [-0.2, 0) is 0 Å². The summed E-state index contributed by atoms with van der Waals surface area (Å²) in [4.78, 5) is 8.82. The summed E-state index contributed by atoms with van der Waals surface area (Å²) in [6.45, 7) is 0. The molecule has 0 spiro atoms. The first kappa shape index (κ1) is 11.5. The summed E-state index contributed by atoms with van der Waals surface area (Å²) in [5.74, 6) is 1.31. The second kappa shape index (κ2) is 4.56. The Morgan fingerprint density at radius 2 is 2.05 bits per heavy atom. The predicted octanol–water partition coefficient (Wildman–Crippen LogP) is 2.07. The number of hydrogen-bond acceptors (Lipinski definition) is 5. The number of H-pyrrole nitrogens is 1. The molecule has 0 atom stereocenters. The standard InChI is InChI=1S/C13H13N5O/c1-14-13-16-11(9-7-15-18-12(9)17-13)8-5-3-4-6-10(8)19-2/h3-7H,1-2H3,(H2,14,15,16,17,18). The van der Waals surface area contributed by atoms with Crippen molar-refractivity contribution in [1.29, 1.82) is 0 Å². The maximum atomic E-state index is 5.39. The van der Waals surface area contributed by atoms with Crippen LogP contribution in [0.15, 0.2) is 30.5 Å². The van der Waals surface area contributed by atoms with E-state index in [0.29, 0.717) is 11.6 Å². The van der Waals surface area contributed by atoms with E-state index in [2.05, 4.69) is 25.5 Å². The van der Waals surface area contributed by atoms with Crippen LogP contribution >= 0.6 is 0 Å². The molecule has 3 aromatic rings. The van der Waals surface area contributed by atoms with E-state index in [1.807, 2.05) is 24.3 Å². The first-order chi connectivity index (χ1) is 9.33. The van der Waals surface area contributed by atoms with Gasteiger partial charge in [-0.1, -0.05) is 12.1 Å². The second-order valence-corrected chi connectivity index (χ2v) is 3.98. The molecule has 0 saturated carbocycles. The molecule has 0 fully saturated rings. The maximum absolute atomic E-state index is 5.39. The van der Waals surface area contributed by atoms with Crippen molar-refractivity contribution in [2.75, 3.05) is 19.5 Å². The van der Waals surface area contributed by atoms with E-state index < -0.39 is 0 Å². The number of nitrogens with zero attached hydrogens (tertiary/aromatic N) is 3. The highest BCUT2D eigenvalue weighted by Crippen LogP contribution is 2.32. The van der Waals surface area contributed by atoms with E-state index in [-0.39, 0.29) is 0 Å². The monoisotopic (exact) mass is 255 g/mol. The Kier molecular flexibility index (Phi) is 2.75. The number of para-hydroxylation sites is 1. The average molecular weight is 255 g/mol. The number of anilines is 1. The summed E-state index contributed by atoms with van der Waals surface area (Å²) in [6, 6.07) is 7.75. The fourth-order valence-electron chi connectivity index (χ4n) is 1.99. The van der Waals surface area contributed by atoms with Gasteiger partial charge in [-0.25, -0.2) is 4.98 Å². The first-order valence-corrected chi connectivity index (χ1v) is 5.85. The molecule has 0 bridgehead atoms. The number of benzene rings is 1. The van der Waals surface area contributed by atoms with Gasteiger partial charge in [0.1, 0.15) is 5.75 Å². The molecule has 0 amide bonds. The Morgan fingerprint density at radius 1 is 1.21 bits per heavy atom. The van der Waals surface area contributed by atoms with Crippen LogP contribution in [0, 0.1) is 0 Å². The lowest BCUT2D eigenvalue weighted by atomic mass is 10.1. The molecule has 1 aromatic carbocycles. The molecule has 0 aliphatic carbocycles. The molecular formula is C13H13N5O. The normalized spacial score (nSPS) is 10.6. The van der Waals surface area contributed by atoms with Crippen molar-refractivity contribution in [2.45, 2.75) is 0 Å². The third-order valence-corrected chi connectivity index (χ3v) is 2.90. The lowest BCUT2D eigenvalue weighted by molar-refractivity contribution is 0.416. The first-order valence-electron chi connectivity index (χ1n) is 5.85. The Hall–Kier alpha value is -2.63. The Balaban J connectivity index is 2.31. The number of nitrogens with one attached hydrogen (secondary N) is 2. The molecule has 2 aromatic heterocycles. The van der Waals surface area contributed by atoms with Crippen molar-refractivity contribution < 1.29 is 4.74 Å². The minimum atomic E-state index is 0.539. The van der Waals surface area contributed by atoms with E-state index in [9.17, 15) is 0 Å². The summed E-state index contributed by atoms with van der Waals surface area (Å²) >= 11 is 0. The largest absolute Gasteiger partial charge is 0.496 e. The van der Waals surface area contributed by atoms with Gasteiger partial charge in [0.15, 0.2) is 5.65 Å². The molecule has 2 N–H and O–H groups in total. The number of fused-ring (bicyclic) bond motifs is 1. The van der Waals surface area contributed by atoms with Crippen LogP contribution in [0.25, 0.3) is 22.3 Å². The van der Waals surface area contributed by atoms with Gasteiger partial charge in [-0.2, -0.15) is 10.1 Å². The number of methoxy groups -OCH3 is 1. The van der Waals surface area contributed by atoms with Gasteiger partial charge in [0.2, 0.25) is 5.95 Å². The zero-order valence-electron chi connectivity index (χ0n) is 10.6. The molecule has 6 heteroatoms. The summed E-state index contributed by atoms with van der Waals surface area (Å²) in [7, 11) is 3.43. The van der Waals surface area contributed by atoms with Crippen LogP contribution in [0.2, 0.25) is 0 Å². The van der Waals surface area contributed by atoms with Crippen LogP contribution in [0.5, 0.6) is 5.75 Å². The van der Waals surface area contributed by atoms with Gasteiger partial charge in [0, 0.05) is 12.6 Å². The highest BCUT2D eigenvalue weighted by Gasteiger charge is 2.14. The predicted molar refractivity (Wildman–Crippen MR) is 73.2 cm³/mol. The Morgan fingerprint density at radius 3 is 2.84 bits per heavy atom. The Labute approximate surface area is 109 Å². The lowest BCUT2D eigenvalue weighted by Gasteiger charge is -2.09. The molecule has 0 aliphatic rings. The minimum absolute atomic E-state index is 0.539. The maximum Gasteiger partial charge on any atom is 0.225 e. The number of aromatic nitrogens is 4. The molecule has 19 heavy (non-hydrogen) atoms. The van der Waals surface area contributed by atoms with E-state index in [1.165, 1.54) is 0 Å². The second-order valence-electron chi connectivity index (χ2n) is 3.98. The molecule has 0 unspecified atom stereocenters. The summed E-state index contributed by atoms with van der Waals surface area (Å²) < 4.78 is 5.39. The third kappa shape index (κ3) is 1.87. The highest BCUT2D eigenvalue weighted by molar-refractivity contribution is 5.92. The van der Waals surface area contributed by atoms with Crippen molar-refractivity contribution in [3.63, 3.8) is 0 Å². The SMILES string of the molecule is CNc1nc(-c2ccccc2OC)c2cn[nH]c2n1. The minimum Gasteiger partial charge on any atom is -0.496 e. The van der Waals surface area contributed by atoms with Gasteiger partial charge < -0.3 is 10.1 Å². The van der Waals surface area contributed by atoms with Crippen LogP contribution in [0.4, 0.5) is 5.95 Å². The molecule has 0 radical (unpaired) electrons. The van der Waals surface area contributed by atoms with Gasteiger partial charge in [0.25, 0.3) is 0 Å². The fourth-order valence-corrected chi connectivity index (χ4v) is 1.99. The van der Waals surface area contributed by atoms with Gasteiger partial charge in [0.05, 0.1) is 24.4 Å². The Bertz CT molecular complexity index is 722. The molecular weight excluding hydrogens is 242 g/mol. The van der Waals surface area contributed by atoms with Crippen LogP contribution in [-0.4, -0.2) is 34.3 Å². The van der Waals surface area contributed by atoms with E-state index in [1.54, 1.807) is 20.4 Å². The van der Waals surface area contributed by atoms with Gasteiger partial charge >= 0.3 is 0 Å². The van der Waals surface area contributed by atoms with Crippen molar-refractivity contribution >= 4 is 17.0 Å². The van der Waals surface area contributed by atoms with E-state index in [0.717, 1.165) is 22.4 Å². The lowest BCUT2D eigenvalue weighted by Crippen LogP contribution is -1.99. The van der Waals surface area contributed by atoms with Gasteiger partial charge in [-0.3, -0.25) is 5.10 Å². The van der Waals surface area contributed by atoms with Gasteiger partial charge in [-0.05, 0) is 12.1 Å².